The summed E-state index contributed by atoms with van der Waals surface area (Å²) in [6.45, 7) is 0.669. The summed E-state index contributed by atoms with van der Waals surface area (Å²) in [4.78, 5) is 17.5. The maximum atomic E-state index is 11.3. The predicted molar refractivity (Wildman–Crippen MR) is 97.3 cm³/mol. The van der Waals surface area contributed by atoms with E-state index < -0.39 is 32.1 Å². The fourth-order valence-corrected chi connectivity index (χ4v) is 3.67. The van der Waals surface area contributed by atoms with Gasteiger partial charge >= 0.3 is 7.60 Å². The zero-order valence-corrected chi connectivity index (χ0v) is 15.6. The van der Waals surface area contributed by atoms with Crippen LogP contribution in [0, 0.1) is 0 Å². The second-order valence-corrected chi connectivity index (χ2v) is 8.43. The van der Waals surface area contributed by atoms with Crippen molar-refractivity contribution in [3.8, 4) is 11.1 Å². The molecule has 1 aliphatic heterocycles. The van der Waals surface area contributed by atoms with Gasteiger partial charge in [0.05, 0.1) is 24.5 Å². The summed E-state index contributed by atoms with van der Waals surface area (Å²) < 4.78 is 28.6. The summed E-state index contributed by atoms with van der Waals surface area (Å²) in [7, 11) is -3.76. The van der Waals surface area contributed by atoms with Gasteiger partial charge in [0.2, 0.25) is 0 Å². The maximum absolute atomic E-state index is 11.3. The van der Waals surface area contributed by atoms with Gasteiger partial charge in [0.25, 0.3) is 0 Å². The molecule has 4 heterocycles. The van der Waals surface area contributed by atoms with Gasteiger partial charge < -0.3 is 39.1 Å². The zero-order chi connectivity index (χ0) is 20.1. The molecular formula is C16H19N4O7P. The first-order valence-corrected chi connectivity index (χ1v) is 10.4. The highest BCUT2D eigenvalue weighted by atomic mass is 31.2. The molecule has 1 fully saturated rings. The normalized spacial score (nSPS) is 27.3. The summed E-state index contributed by atoms with van der Waals surface area (Å²) in [6, 6.07) is 1.74. The molecule has 11 nitrogen and oxygen atoms in total. The van der Waals surface area contributed by atoms with Crippen LogP contribution in [0.1, 0.15) is 6.23 Å². The molecule has 4 rings (SSSR count). The van der Waals surface area contributed by atoms with Gasteiger partial charge in [-0.1, -0.05) is 0 Å². The number of fused-ring (bicyclic) bond motifs is 1. The van der Waals surface area contributed by atoms with Gasteiger partial charge in [-0.3, -0.25) is 4.57 Å². The Kier molecular flexibility index (Phi) is 4.74. The standard InChI is InChI=1S/C16H19N4O7P/c1-28(23,24)26-6-10-12(21)13(22)16(27-10)20-4-9(8-2-3-25-5-8)11-14(17)18-7-19-15(11)20/h2-5,7,10,12-13,16,21-22H,6H2,1H3,(H,23,24)(H2,17,18,19). The maximum Gasteiger partial charge on any atom is 0.325 e. The van der Waals surface area contributed by atoms with Crippen molar-refractivity contribution >= 4 is 24.4 Å². The molecule has 3 aromatic rings. The van der Waals surface area contributed by atoms with Crippen molar-refractivity contribution in [3.05, 3.63) is 31.1 Å². The molecule has 5 unspecified atom stereocenters. The van der Waals surface area contributed by atoms with Crippen LogP contribution in [0.15, 0.2) is 35.5 Å². The second-order valence-electron chi connectivity index (χ2n) is 6.56. The third-order valence-electron chi connectivity index (χ3n) is 4.56. The molecule has 0 aliphatic carbocycles. The van der Waals surface area contributed by atoms with Crippen LogP contribution < -0.4 is 5.73 Å². The fourth-order valence-electron chi connectivity index (χ4n) is 3.25. The Morgan fingerprint density at radius 2 is 2.14 bits per heavy atom. The van der Waals surface area contributed by atoms with Crippen LogP contribution in [0.4, 0.5) is 5.82 Å². The van der Waals surface area contributed by atoms with E-state index in [1.54, 1.807) is 12.3 Å². The Morgan fingerprint density at radius 1 is 1.36 bits per heavy atom. The molecule has 0 saturated carbocycles. The van der Waals surface area contributed by atoms with Gasteiger partial charge in [-0.25, -0.2) is 9.97 Å². The largest absolute Gasteiger partial charge is 0.472 e. The smallest absolute Gasteiger partial charge is 0.325 e. The van der Waals surface area contributed by atoms with Crippen molar-refractivity contribution in [2.45, 2.75) is 24.5 Å². The number of aromatic nitrogens is 3. The molecule has 0 spiro atoms. The number of ether oxygens (including phenoxy) is 1. The van der Waals surface area contributed by atoms with E-state index >= 15 is 0 Å². The van der Waals surface area contributed by atoms with Crippen LogP contribution in [-0.4, -0.2) is 61.2 Å². The summed E-state index contributed by atoms with van der Waals surface area (Å²) in [5.74, 6) is 0.236. The van der Waals surface area contributed by atoms with Crippen molar-refractivity contribution in [2.24, 2.45) is 0 Å². The molecule has 5 atom stereocenters. The topological polar surface area (TPSA) is 166 Å². The summed E-state index contributed by atoms with van der Waals surface area (Å²) in [5, 5.41) is 21.3. The quantitative estimate of drug-likeness (QED) is 0.440. The number of aliphatic hydroxyl groups is 2. The first kappa shape index (κ1) is 19.1. The molecule has 0 amide bonds. The van der Waals surface area contributed by atoms with E-state index in [4.69, 9.17) is 19.4 Å². The van der Waals surface area contributed by atoms with Gasteiger partial charge in [-0.05, 0) is 6.07 Å². The van der Waals surface area contributed by atoms with Crippen molar-refractivity contribution in [2.75, 3.05) is 19.0 Å². The molecule has 0 bridgehead atoms. The van der Waals surface area contributed by atoms with E-state index in [2.05, 4.69) is 9.97 Å². The average molecular weight is 410 g/mol. The third-order valence-corrected chi connectivity index (χ3v) is 5.19. The van der Waals surface area contributed by atoms with Crippen molar-refractivity contribution in [1.82, 2.24) is 14.5 Å². The Balaban J connectivity index is 1.73. The Labute approximate surface area is 158 Å². The second kappa shape index (κ2) is 6.96. The summed E-state index contributed by atoms with van der Waals surface area (Å²) in [6.07, 6.45) is 1.31. The van der Waals surface area contributed by atoms with Crippen molar-refractivity contribution in [1.29, 1.82) is 0 Å². The van der Waals surface area contributed by atoms with E-state index in [1.807, 2.05) is 0 Å². The minimum Gasteiger partial charge on any atom is -0.472 e. The number of nitrogen functional groups attached to an aromatic ring is 1. The van der Waals surface area contributed by atoms with Gasteiger partial charge in [-0.15, -0.1) is 0 Å². The Hall–Kier alpha value is -2.27. The van der Waals surface area contributed by atoms with Gasteiger partial charge in [0.15, 0.2) is 6.23 Å². The van der Waals surface area contributed by atoms with Gasteiger partial charge in [0, 0.05) is 24.0 Å². The van der Waals surface area contributed by atoms with E-state index in [1.165, 1.54) is 23.4 Å². The Bertz CT molecular complexity index is 1030. The van der Waals surface area contributed by atoms with Crippen LogP contribution in [0.3, 0.4) is 0 Å². The molecule has 28 heavy (non-hydrogen) atoms. The molecule has 0 aromatic carbocycles. The monoisotopic (exact) mass is 410 g/mol. The number of hydrogen-bond acceptors (Lipinski definition) is 9. The van der Waals surface area contributed by atoms with Crippen LogP contribution >= 0.6 is 7.60 Å². The molecular weight excluding hydrogens is 391 g/mol. The fraction of sp³-hybridized carbons (Fsp3) is 0.375. The molecule has 12 heteroatoms. The van der Waals surface area contributed by atoms with E-state index in [-0.39, 0.29) is 12.4 Å². The molecule has 5 N–H and O–H groups in total. The highest BCUT2D eigenvalue weighted by Gasteiger charge is 2.45. The highest BCUT2D eigenvalue weighted by molar-refractivity contribution is 7.51. The van der Waals surface area contributed by atoms with E-state index in [9.17, 15) is 19.7 Å². The van der Waals surface area contributed by atoms with Gasteiger partial charge in [0.1, 0.15) is 36.1 Å². The first-order valence-electron chi connectivity index (χ1n) is 8.36. The van der Waals surface area contributed by atoms with Crippen LogP contribution in [0.25, 0.3) is 22.2 Å². The molecule has 1 saturated heterocycles. The zero-order valence-electron chi connectivity index (χ0n) is 14.7. The Morgan fingerprint density at radius 3 is 2.82 bits per heavy atom. The lowest BCUT2D eigenvalue weighted by Gasteiger charge is -2.17. The summed E-state index contributed by atoms with van der Waals surface area (Å²) in [5.41, 5.74) is 7.82. The van der Waals surface area contributed by atoms with Crippen LogP contribution in [0.5, 0.6) is 0 Å². The number of furan rings is 1. The molecule has 0 radical (unpaired) electrons. The molecule has 1 aliphatic rings. The van der Waals surface area contributed by atoms with E-state index in [0.29, 0.717) is 16.6 Å². The van der Waals surface area contributed by atoms with Crippen molar-refractivity contribution < 1.29 is 33.3 Å². The predicted octanol–water partition coefficient (Wildman–Crippen LogP) is 0.724. The summed E-state index contributed by atoms with van der Waals surface area (Å²) >= 11 is 0. The lowest BCUT2D eigenvalue weighted by molar-refractivity contribution is -0.0480. The SMILES string of the molecule is CP(=O)(O)OCC1OC(n2cc(-c3ccoc3)c3c(N)ncnc32)C(O)C1O. The molecule has 3 aromatic heterocycles. The number of nitrogens with zero attached hydrogens (tertiary/aromatic N) is 3. The minimum absolute atomic E-state index is 0.236. The van der Waals surface area contributed by atoms with Crippen LogP contribution in [-0.2, 0) is 13.8 Å². The average Bonchev–Trinajstić information content (AvgIpc) is 3.33. The number of anilines is 1. The first-order chi connectivity index (χ1) is 13.3. The van der Waals surface area contributed by atoms with Gasteiger partial charge in [-0.2, -0.15) is 0 Å². The highest BCUT2D eigenvalue weighted by Crippen LogP contribution is 2.41. The lowest BCUT2D eigenvalue weighted by atomic mass is 10.1. The van der Waals surface area contributed by atoms with Crippen LogP contribution in [0.2, 0.25) is 0 Å². The number of rotatable bonds is 5. The molecule has 150 valence electrons. The third kappa shape index (κ3) is 3.32. The lowest BCUT2D eigenvalue weighted by Crippen LogP contribution is -2.33. The minimum atomic E-state index is -3.76. The van der Waals surface area contributed by atoms with Crippen molar-refractivity contribution in [3.63, 3.8) is 0 Å². The number of hydrogen-bond donors (Lipinski definition) is 4. The number of aliphatic hydroxyl groups excluding tert-OH is 2. The number of nitrogens with two attached hydrogens (primary N) is 1. The van der Waals surface area contributed by atoms with E-state index in [0.717, 1.165) is 12.2 Å².